The van der Waals surface area contributed by atoms with E-state index in [4.69, 9.17) is 10.5 Å². The molecule has 0 aliphatic carbocycles. The molecule has 1 saturated heterocycles. The number of methoxy groups -OCH3 is 1. The summed E-state index contributed by atoms with van der Waals surface area (Å²) >= 11 is 0. The van der Waals surface area contributed by atoms with Crippen molar-refractivity contribution in [2.24, 2.45) is 0 Å². The number of amides is 1. The number of nitrogens with zero attached hydrogens (tertiary/aromatic N) is 1. The van der Waals surface area contributed by atoms with Gasteiger partial charge in [-0.3, -0.25) is 4.79 Å². The first-order valence-corrected chi connectivity index (χ1v) is 6.90. The zero-order valence-corrected chi connectivity index (χ0v) is 12.2. The molecule has 0 spiro atoms. The Balaban J connectivity index is 2.31. The van der Waals surface area contributed by atoms with Crippen LogP contribution in [0.3, 0.4) is 0 Å². The van der Waals surface area contributed by atoms with Crippen LogP contribution in [0.15, 0.2) is 12.1 Å². The third kappa shape index (κ3) is 2.99. The lowest BCUT2D eigenvalue weighted by Gasteiger charge is -2.33. The highest BCUT2D eigenvalue weighted by Crippen LogP contribution is 2.23. The molecule has 2 N–H and O–H groups in total. The van der Waals surface area contributed by atoms with Crippen LogP contribution in [0.5, 0.6) is 0 Å². The van der Waals surface area contributed by atoms with E-state index in [1.807, 2.05) is 0 Å². The predicted octanol–water partition coefficient (Wildman–Crippen LogP) is 1.88. The molecular formula is C15H19FN2O3. The molecule has 0 saturated carbocycles. The molecule has 1 aromatic rings. The number of ether oxygens (including phenoxy) is 1. The van der Waals surface area contributed by atoms with Crippen molar-refractivity contribution in [3.05, 3.63) is 29.1 Å². The number of carbonyl (C=O) groups is 2. The van der Waals surface area contributed by atoms with Gasteiger partial charge in [-0.2, -0.15) is 0 Å². The van der Waals surface area contributed by atoms with Gasteiger partial charge in [0.2, 0.25) is 0 Å². The second kappa shape index (κ2) is 6.11. The second-order valence-electron chi connectivity index (χ2n) is 5.21. The minimum atomic E-state index is -0.609. The van der Waals surface area contributed by atoms with Crippen LogP contribution in [0, 0.1) is 12.7 Å². The summed E-state index contributed by atoms with van der Waals surface area (Å²) in [4.78, 5) is 25.8. The van der Waals surface area contributed by atoms with Crippen molar-refractivity contribution in [2.75, 3.05) is 19.4 Å². The summed E-state index contributed by atoms with van der Waals surface area (Å²) in [5.74, 6) is -1.36. The molecule has 0 bridgehead atoms. The smallest absolute Gasteiger partial charge is 0.328 e. The third-order valence-electron chi connectivity index (χ3n) is 3.87. The van der Waals surface area contributed by atoms with Crippen LogP contribution in [0.1, 0.15) is 35.2 Å². The zero-order valence-electron chi connectivity index (χ0n) is 12.2. The number of esters is 1. The Morgan fingerprint density at radius 3 is 2.71 bits per heavy atom. The van der Waals surface area contributed by atoms with Crippen LogP contribution >= 0.6 is 0 Å². The minimum Gasteiger partial charge on any atom is -0.467 e. The Morgan fingerprint density at radius 2 is 2.10 bits per heavy atom. The van der Waals surface area contributed by atoms with Crippen molar-refractivity contribution >= 4 is 17.6 Å². The van der Waals surface area contributed by atoms with Crippen molar-refractivity contribution in [3.8, 4) is 0 Å². The number of anilines is 1. The van der Waals surface area contributed by atoms with E-state index in [2.05, 4.69) is 0 Å². The fraction of sp³-hybridized carbons (Fsp3) is 0.467. The molecule has 6 heteroatoms. The van der Waals surface area contributed by atoms with Gasteiger partial charge in [-0.15, -0.1) is 0 Å². The Kier molecular flexibility index (Phi) is 4.45. The number of hydrogen-bond donors (Lipinski definition) is 1. The molecule has 2 rings (SSSR count). The lowest BCUT2D eigenvalue weighted by molar-refractivity contribution is -0.147. The van der Waals surface area contributed by atoms with E-state index in [0.29, 0.717) is 18.5 Å². The number of rotatable bonds is 2. The third-order valence-corrected chi connectivity index (χ3v) is 3.87. The summed E-state index contributed by atoms with van der Waals surface area (Å²) in [5, 5.41) is 0. The van der Waals surface area contributed by atoms with E-state index < -0.39 is 23.7 Å². The Labute approximate surface area is 122 Å². The Bertz CT molecular complexity index is 551. The maximum absolute atomic E-state index is 13.7. The maximum atomic E-state index is 13.7. The fourth-order valence-corrected chi connectivity index (χ4v) is 2.55. The van der Waals surface area contributed by atoms with E-state index in [1.165, 1.54) is 18.1 Å². The summed E-state index contributed by atoms with van der Waals surface area (Å²) in [6.45, 7) is 2.01. The van der Waals surface area contributed by atoms with Crippen LogP contribution in [-0.4, -0.2) is 36.5 Å². The van der Waals surface area contributed by atoms with E-state index in [0.717, 1.165) is 18.9 Å². The highest BCUT2D eigenvalue weighted by atomic mass is 19.1. The lowest BCUT2D eigenvalue weighted by Crippen LogP contribution is -2.48. The summed E-state index contributed by atoms with van der Waals surface area (Å²) < 4.78 is 18.5. The largest absolute Gasteiger partial charge is 0.467 e. The number of hydrogen-bond acceptors (Lipinski definition) is 4. The van der Waals surface area contributed by atoms with Gasteiger partial charge < -0.3 is 15.4 Å². The van der Waals surface area contributed by atoms with Gasteiger partial charge in [0, 0.05) is 23.4 Å². The van der Waals surface area contributed by atoms with Gasteiger partial charge in [0.05, 0.1) is 7.11 Å². The molecular weight excluding hydrogens is 275 g/mol. The average Bonchev–Trinajstić information content (AvgIpc) is 2.50. The first kappa shape index (κ1) is 15.3. The number of nitrogen functional groups attached to an aromatic ring is 1. The zero-order chi connectivity index (χ0) is 15.6. The molecule has 1 aliphatic heterocycles. The van der Waals surface area contributed by atoms with Crippen molar-refractivity contribution < 1.29 is 18.7 Å². The summed E-state index contributed by atoms with van der Waals surface area (Å²) in [7, 11) is 1.29. The van der Waals surface area contributed by atoms with Gasteiger partial charge in [-0.25, -0.2) is 9.18 Å². The van der Waals surface area contributed by atoms with Crippen LogP contribution in [0.25, 0.3) is 0 Å². The van der Waals surface area contributed by atoms with Gasteiger partial charge in [0.15, 0.2) is 0 Å². The van der Waals surface area contributed by atoms with Crippen molar-refractivity contribution in [1.29, 1.82) is 0 Å². The molecule has 0 radical (unpaired) electrons. The Hall–Kier alpha value is -2.11. The minimum absolute atomic E-state index is 0.159. The van der Waals surface area contributed by atoms with Gasteiger partial charge in [0.25, 0.3) is 5.91 Å². The molecule has 1 atom stereocenters. The highest BCUT2D eigenvalue weighted by molar-refractivity contribution is 5.97. The van der Waals surface area contributed by atoms with E-state index in [-0.39, 0.29) is 11.3 Å². The first-order valence-electron chi connectivity index (χ1n) is 6.90. The van der Waals surface area contributed by atoms with Crippen molar-refractivity contribution in [2.45, 2.75) is 32.2 Å². The van der Waals surface area contributed by atoms with Crippen LogP contribution < -0.4 is 5.73 Å². The van der Waals surface area contributed by atoms with Crippen molar-refractivity contribution in [1.82, 2.24) is 4.90 Å². The van der Waals surface area contributed by atoms with Crippen LogP contribution in [0.2, 0.25) is 0 Å². The SMILES string of the molecule is COC(=O)C1CCCCN1C(=O)c1cc(N)c(C)c(F)c1. The number of nitrogens with two attached hydrogens (primary N) is 1. The molecule has 1 unspecified atom stereocenters. The number of halogens is 1. The number of benzene rings is 1. The normalized spacial score (nSPS) is 18.4. The summed E-state index contributed by atoms with van der Waals surface area (Å²) in [5.41, 5.74) is 6.41. The number of likely N-dealkylation sites (tertiary alicyclic amines) is 1. The maximum Gasteiger partial charge on any atom is 0.328 e. The molecule has 1 aliphatic rings. The molecule has 1 amide bonds. The summed E-state index contributed by atoms with van der Waals surface area (Å²) in [6, 6.07) is 2.00. The first-order chi connectivity index (χ1) is 9.95. The molecule has 1 fully saturated rings. The molecule has 1 heterocycles. The molecule has 114 valence electrons. The number of carbonyl (C=O) groups excluding carboxylic acids is 2. The monoisotopic (exact) mass is 294 g/mol. The van der Waals surface area contributed by atoms with Gasteiger partial charge in [0.1, 0.15) is 11.9 Å². The Morgan fingerprint density at radius 1 is 1.38 bits per heavy atom. The van der Waals surface area contributed by atoms with Crippen molar-refractivity contribution in [3.63, 3.8) is 0 Å². The molecule has 0 aromatic heterocycles. The van der Waals surface area contributed by atoms with Gasteiger partial charge >= 0.3 is 5.97 Å². The van der Waals surface area contributed by atoms with Crippen LogP contribution in [-0.2, 0) is 9.53 Å². The van der Waals surface area contributed by atoms with E-state index in [9.17, 15) is 14.0 Å². The van der Waals surface area contributed by atoms with E-state index in [1.54, 1.807) is 6.92 Å². The summed E-state index contributed by atoms with van der Waals surface area (Å²) in [6.07, 6.45) is 2.22. The molecule has 5 nitrogen and oxygen atoms in total. The van der Waals surface area contributed by atoms with Gasteiger partial charge in [-0.1, -0.05) is 0 Å². The number of piperidine rings is 1. The predicted molar refractivity (Wildman–Crippen MR) is 76.2 cm³/mol. The quantitative estimate of drug-likeness (QED) is 0.668. The van der Waals surface area contributed by atoms with E-state index >= 15 is 0 Å². The lowest BCUT2D eigenvalue weighted by atomic mass is 10.00. The standard InChI is InChI=1S/C15H19FN2O3/c1-9-11(16)7-10(8-12(9)17)14(19)18-6-4-3-5-13(18)15(20)21-2/h7-8,13H,3-6,17H2,1-2H3. The van der Waals surface area contributed by atoms with Crippen LogP contribution in [0.4, 0.5) is 10.1 Å². The second-order valence-corrected chi connectivity index (χ2v) is 5.21. The topological polar surface area (TPSA) is 72.6 Å². The fourth-order valence-electron chi connectivity index (χ4n) is 2.55. The molecule has 1 aromatic carbocycles. The average molecular weight is 294 g/mol. The van der Waals surface area contributed by atoms with Gasteiger partial charge in [-0.05, 0) is 38.3 Å². The highest BCUT2D eigenvalue weighted by Gasteiger charge is 2.33. The molecule has 21 heavy (non-hydrogen) atoms.